The van der Waals surface area contributed by atoms with Crippen molar-refractivity contribution >= 4 is 17.6 Å². The molecule has 14 heteroatoms. The number of aromatic nitrogens is 1. The first-order valence-corrected chi connectivity index (χ1v) is 12.5. The van der Waals surface area contributed by atoms with Gasteiger partial charge in [-0.15, -0.1) is 0 Å². The Morgan fingerprint density at radius 3 is 2.59 bits per heavy atom. The molecule has 1 fully saturated rings. The molecule has 0 bridgehead atoms. The first kappa shape index (κ1) is 27.6. The van der Waals surface area contributed by atoms with E-state index in [1.807, 2.05) is 18.0 Å². The summed E-state index contributed by atoms with van der Waals surface area (Å²) in [7, 11) is 1.89. The topological polar surface area (TPSA) is 176 Å². The highest BCUT2D eigenvalue weighted by atomic mass is 19.1. The zero-order chi connectivity index (χ0) is 29.3. The number of nitrogens with one attached hydrogen (secondary N) is 2. The Labute approximate surface area is 232 Å². The third-order valence-electron chi connectivity index (χ3n) is 6.49. The maximum atomic E-state index is 15.7. The molecule has 1 aromatic heterocycles. The van der Waals surface area contributed by atoms with Crippen molar-refractivity contribution in [1.29, 1.82) is 5.41 Å². The van der Waals surface area contributed by atoms with Gasteiger partial charge in [-0.1, -0.05) is 12.1 Å². The van der Waals surface area contributed by atoms with Crippen molar-refractivity contribution in [2.45, 2.75) is 18.6 Å². The largest absolute Gasteiger partial charge is 0.504 e. The zero-order valence-electron chi connectivity index (χ0n) is 21.7. The minimum absolute atomic E-state index is 0.0175. The fourth-order valence-corrected chi connectivity index (χ4v) is 4.39. The quantitative estimate of drug-likeness (QED) is 0.191. The van der Waals surface area contributed by atoms with Gasteiger partial charge in [0.1, 0.15) is 29.6 Å². The van der Waals surface area contributed by atoms with E-state index in [0.717, 1.165) is 12.4 Å². The minimum atomic E-state index is -1.35. The monoisotopic (exact) mass is 568 g/mol. The first-order valence-electron chi connectivity index (χ1n) is 12.5. The molecule has 0 radical (unpaired) electrons. The highest BCUT2D eigenvalue weighted by molar-refractivity contribution is 6.00. The molecule has 2 aliphatic rings. The van der Waals surface area contributed by atoms with Crippen molar-refractivity contribution in [1.82, 2.24) is 15.2 Å². The van der Waals surface area contributed by atoms with E-state index in [2.05, 4.69) is 15.3 Å². The zero-order valence-corrected chi connectivity index (χ0v) is 21.7. The summed E-state index contributed by atoms with van der Waals surface area (Å²) < 4.78 is 48.1. The van der Waals surface area contributed by atoms with Crippen molar-refractivity contribution in [3.8, 4) is 34.8 Å². The molecule has 41 heavy (non-hydrogen) atoms. The van der Waals surface area contributed by atoms with Crippen molar-refractivity contribution in [2.75, 3.05) is 26.7 Å². The molecule has 0 amide bonds. The molecule has 0 saturated carbocycles. The number of phenols is 1. The van der Waals surface area contributed by atoms with Crippen LogP contribution in [0.3, 0.4) is 0 Å². The molecule has 2 unspecified atom stereocenters. The lowest BCUT2D eigenvalue weighted by Crippen LogP contribution is -2.30. The third kappa shape index (κ3) is 5.82. The Kier molecular flexibility index (Phi) is 7.57. The molecule has 1 saturated heterocycles. The molecule has 6 N–H and O–H groups in total. The SMILES string of the molecule is CN1CCN=C1c1cccc(Oc2nc(Oc3cc(C(=N)N)ccc3O)c(F)c(OC3CNC(C(=O)O)C3)c2F)c1. The normalized spacial score (nSPS) is 18.2. The molecule has 2 aromatic carbocycles. The Morgan fingerprint density at radius 1 is 1.17 bits per heavy atom. The Hall–Kier alpha value is -4.98. The van der Waals surface area contributed by atoms with Gasteiger partial charge in [-0.05, 0) is 30.3 Å². The van der Waals surface area contributed by atoms with E-state index in [4.69, 9.17) is 25.4 Å². The second-order valence-electron chi connectivity index (χ2n) is 9.41. The average Bonchev–Trinajstić information content (AvgIpc) is 3.59. The Bertz CT molecular complexity index is 1550. The van der Waals surface area contributed by atoms with Crippen LogP contribution in [0, 0.1) is 17.0 Å². The molecular weight excluding hydrogens is 542 g/mol. The number of benzene rings is 2. The van der Waals surface area contributed by atoms with Crippen LogP contribution in [0.2, 0.25) is 0 Å². The summed E-state index contributed by atoms with van der Waals surface area (Å²) in [5, 5.41) is 29.8. The Balaban J connectivity index is 1.52. The summed E-state index contributed by atoms with van der Waals surface area (Å²) in [5.74, 6) is -6.35. The number of hydrogen-bond acceptors (Lipinski definition) is 10. The van der Waals surface area contributed by atoms with E-state index < -0.39 is 53.0 Å². The molecule has 3 aromatic rings. The van der Waals surface area contributed by atoms with Crippen LogP contribution in [0.25, 0.3) is 0 Å². The maximum absolute atomic E-state index is 15.7. The number of carboxylic acid groups (broad SMARTS) is 1. The van der Waals surface area contributed by atoms with Crippen molar-refractivity contribution in [3.63, 3.8) is 0 Å². The number of halogens is 2. The average molecular weight is 569 g/mol. The number of rotatable bonds is 9. The number of nitrogen functional groups attached to an aromatic ring is 1. The number of aliphatic imine (C=N–C) groups is 1. The number of ether oxygens (including phenoxy) is 3. The van der Waals surface area contributed by atoms with Crippen molar-refractivity contribution in [3.05, 3.63) is 65.2 Å². The molecule has 2 aliphatic heterocycles. The number of nitrogens with zero attached hydrogens (tertiary/aromatic N) is 3. The summed E-state index contributed by atoms with van der Waals surface area (Å²) >= 11 is 0. The highest BCUT2D eigenvalue weighted by Gasteiger charge is 2.34. The van der Waals surface area contributed by atoms with E-state index in [-0.39, 0.29) is 35.9 Å². The van der Waals surface area contributed by atoms with E-state index >= 15 is 8.78 Å². The van der Waals surface area contributed by atoms with E-state index in [1.165, 1.54) is 18.2 Å². The van der Waals surface area contributed by atoms with Gasteiger partial charge < -0.3 is 40.4 Å². The number of phenolic OH excluding ortho intramolecular Hbond substituents is 1. The smallest absolute Gasteiger partial charge is 0.320 e. The summed E-state index contributed by atoms with van der Waals surface area (Å²) in [5.41, 5.74) is 6.38. The van der Waals surface area contributed by atoms with Gasteiger partial charge in [0, 0.05) is 37.7 Å². The van der Waals surface area contributed by atoms with Gasteiger partial charge in [-0.25, -0.2) is 0 Å². The number of hydrogen-bond donors (Lipinski definition) is 5. The van der Waals surface area contributed by atoms with Crippen LogP contribution in [0.5, 0.6) is 34.8 Å². The van der Waals surface area contributed by atoms with Crippen molar-refractivity contribution < 1.29 is 38.0 Å². The molecular formula is C27H26F2N6O6. The molecule has 0 aliphatic carbocycles. The summed E-state index contributed by atoms with van der Waals surface area (Å²) in [6.07, 6.45) is -0.945. The lowest BCUT2D eigenvalue weighted by atomic mass is 10.2. The molecule has 2 atom stereocenters. The van der Waals surface area contributed by atoms with Crippen molar-refractivity contribution in [2.24, 2.45) is 10.7 Å². The van der Waals surface area contributed by atoms with Gasteiger partial charge in [0.05, 0.1) is 6.54 Å². The van der Waals surface area contributed by atoms with Crippen LogP contribution >= 0.6 is 0 Å². The third-order valence-corrected chi connectivity index (χ3v) is 6.49. The standard InChI is InChI=1S/C27H26F2N6O6/c1-35-8-7-32-24(35)14-3-2-4-15(9-14)40-25-20(28)22(39-16-11-17(27(37)38)33-12-16)21(29)26(34-25)41-19-10-13(23(30)31)5-6-18(19)36/h2-6,9-10,16-17,33,36H,7-8,11-12H2,1H3,(H3,30,31)(H,37,38). The predicted molar refractivity (Wildman–Crippen MR) is 142 cm³/mol. The number of likely N-dealkylation sites (N-methyl/N-ethyl adjacent to an activating group) is 1. The fourth-order valence-electron chi connectivity index (χ4n) is 4.39. The van der Waals surface area contributed by atoms with E-state index in [1.54, 1.807) is 18.2 Å². The number of aromatic hydroxyl groups is 1. The summed E-state index contributed by atoms with van der Waals surface area (Å²) in [4.78, 5) is 21.6. The molecule has 12 nitrogen and oxygen atoms in total. The van der Waals surface area contributed by atoms with Gasteiger partial charge in [-0.2, -0.15) is 13.8 Å². The van der Waals surface area contributed by atoms with Gasteiger partial charge in [0.2, 0.25) is 17.4 Å². The second-order valence-corrected chi connectivity index (χ2v) is 9.41. The first-order chi connectivity index (χ1) is 19.6. The lowest BCUT2D eigenvalue weighted by molar-refractivity contribution is -0.139. The van der Waals surface area contributed by atoms with Crippen LogP contribution in [0.4, 0.5) is 8.78 Å². The molecule has 3 heterocycles. The second kappa shape index (κ2) is 11.3. The number of carboxylic acids is 1. The number of amidine groups is 2. The van der Waals surface area contributed by atoms with Gasteiger partial charge in [0.25, 0.3) is 11.8 Å². The fraction of sp³-hybridized carbons (Fsp3) is 0.259. The van der Waals surface area contributed by atoms with Gasteiger partial charge >= 0.3 is 5.97 Å². The lowest BCUT2D eigenvalue weighted by Gasteiger charge is -2.18. The van der Waals surface area contributed by atoms with Gasteiger partial charge in [0.15, 0.2) is 11.5 Å². The maximum Gasteiger partial charge on any atom is 0.320 e. The van der Waals surface area contributed by atoms with Crippen LogP contribution in [0.15, 0.2) is 47.5 Å². The number of nitrogens with two attached hydrogens (primary N) is 1. The summed E-state index contributed by atoms with van der Waals surface area (Å²) in [6.45, 7) is 1.39. The highest BCUT2D eigenvalue weighted by Crippen LogP contribution is 2.40. The van der Waals surface area contributed by atoms with E-state index in [9.17, 15) is 15.0 Å². The Morgan fingerprint density at radius 2 is 1.93 bits per heavy atom. The van der Waals surface area contributed by atoms with E-state index in [0.29, 0.717) is 12.1 Å². The molecule has 0 spiro atoms. The number of pyridine rings is 1. The van der Waals surface area contributed by atoms with Crippen LogP contribution in [-0.2, 0) is 4.79 Å². The number of carbonyl (C=O) groups is 1. The van der Waals surface area contributed by atoms with Crippen LogP contribution in [0.1, 0.15) is 17.5 Å². The van der Waals surface area contributed by atoms with Crippen LogP contribution in [-0.4, -0.2) is 76.6 Å². The predicted octanol–water partition coefficient (Wildman–Crippen LogP) is 2.82. The number of aliphatic carboxylic acids is 1. The molecule has 214 valence electrons. The van der Waals surface area contributed by atoms with Crippen LogP contribution < -0.4 is 25.3 Å². The summed E-state index contributed by atoms with van der Waals surface area (Å²) in [6, 6.07) is 9.42. The minimum Gasteiger partial charge on any atom is -0.504 e. The van der Waals surface area contributed by atoms with Gasteiger partial charge in [-0.3, -0.25) is 15.2 Å². The molecule has 5 rings (SSSR count).